The lowest BCUT2D eigenvalue weighted by Crippen LogP contribution is -2.46. The van der Waals surface area contributed by atoms with Gasteiger partial charge in [-0.25, -0.2) is 13.6 Å². The average molecular weight is 592 g/mol. The molecule has 7 heteroatoms. The molecule has 1 saturated heterocycles. The molecular formula is C36H47F2N3O2. The van der Waals surface area contributed by atoms with Gasteiger partial charge in [-0.15, -0.1) is 0 Å². The van der Waals surface area contributed by atoms with Gasteiger partial charge in [-0.3, -0.25) is 4.90 Å². The molecule has 1 heterocycles. The number of aromatic hydroxyl groups is 1. The minimum atomic E-state index is -0.786. The molecule has 0 radical (unpaired) electrons. The van der Waals surface area contributed by atoms with Crippen LogP contribution in [0.25, 0.3) is 0 Å². The smallest absolute Gasteiger partial charge is 0.321 e. The van der Waals surface area contributed by atoms with Crippen LogP contribution in [-0.4, -0.2) is 47.1 Å². The van der Waals surface area contributed by atoms with Crippen LogP contribution in [0.1, 0.15) is 82.2 Å². The number of hydrogen-bond acceptors (Lipinski definition) is 3. The molecule has 2 N–H and O–H groups in total. The van der Waals surface area contributed by atoms with E-state index >= 15 is 4.39 Å². The first kappa shape index (κ1) is 32.5. The van der Waals surface area contributed by atoms with E-state index in [0.29, 0.717) is 24.2 Å². The first-order chi connectivity index (χ1) is 20.1. The third-order valence-corrected chi connectivity index (χ3v) is 8.51. The number of nitrogens with zero attached hydrogens (tertiary/aromatic N) is 2. The molecule has 0 spiro atoms. The number of carbonyl (C=O) groups is 1. The Kier molecular flexibility index (Phi) is 9.85. The number of piperidine rings is 1. The van der Waals surface area contributed by atoms with Crippen LogP contribution in [-0.2, 0) is 30.2 Å². The summed E-state index contributed by atoms with van der Waals surface area (Å²) in [5, 5.41) is 13.8. The van der Waals surface area contributed by atoms with Crippen molar-refractivity contribution in [1.29, 1.82) is 0 Å². The number of phenolic OH excluding ortho intramolecular Hbond substituents is 1. The highest BCUT2D eigenvalue weighted by Gasteiger charge is 2.28. The summed E-state index contributed by atoms with van der Waals surface area (Å²) in [5.41, 5.74) is 3.76. The van der Waals surface area contributed by atoms with Gasteiger partial charge in [0.1, 0.15) is 17.4 Å². The summed E-state index contributed by atoms with van der Waals surface area (Å²) in [6.45, 7) is 14.9. The number of urea groups is 1. The summed E-state index contributed by atoms with van der Waals surface area (Å²) in [6, 6.07) is 16.0. The lowest BCUT2D eigenvalue weighted by Gasteiger charge is -2.36. The fourth-order valence-corrected chi connectivity index (χ4v) is 5.89. The van der Waals surface area contributed by atoms with E-state index in [1.165, 1.54) is 11.6 Å². The van der Waals surface area contributed by atoms with E-state index in [9.17, 15) is 14.3 Å². The summed E-state index contributed by atoms with van der Waals surface area (Å²) < 4.78 is 29.5. The molecule has 3 aromatic rings. The summed E-state index contributed by atoms with van der Waals surface area (Å²) in [4.78, 5) is 17.3. The van der Waals surface area contributed by atoms with Crippen LogP contribution in [0.4, 0.5) is 19.3 Å². The normalized spacial score (nSPS) is 15.0. The monoisotopic (exact) mass is 591 g/mol. The van der Waals surface area contributed by atoms with Gasteiger partial charge in [0, 0.05) is 38.8 Å². The van der Waals surface area contributed by atoms with Crippen LogP contribution in [0.2, 0.25) is 0 Å². The van der Waals surface area contributed by atoms with E-state index in [1.54, 1.807) is 11.9 Å². The van der Waals surface area contributed by atoms with Crippen molar-refractivity contribution in [2.24, 2.45) is 0 Å². The maximum Gasteiger partial charge on any atom is 0.321 e. The Morgan fingerprint density at radius 3 is 2.05 bits per heavy atom. The van der Waals surface area contributed by atoms with Crippen LogP contribution in [0.5, 0.6) is 5.75 Å². The zero-order chi connectivity index (χ0) is 31.5. The lowest BCUT2D eigenvalue weighted by atomic mass is 9.78. The number of carbonyl (C=O) groups excluding carboxylic acids is 1. The standard InChI is InChI=1S/C36H47F2N3O2/c1-35(2,3)29-19-25(20-30(33(29)42)36(4,5)6)13-14-26-21-27(37)22-31(38)32(26)39-34(43)40(7)28-15-17-41(18-16-28)23-24-11-9-8-10-12-24/h8-12,19-22,28,42H,13-18,23H2,1-7H3,(H,39,43). The number of anilines is 1. The van der Waals surface area contributed by atoms with E-state index in [4.69, 9.17) is 0 Å². The highest BCUT2D eigenvalue weighted by molar-refractivity contribution is 5.90. The molecule has 0 unspecified atom stereocenters. The molecule has 0 aromatic heterocycles. The molecule has 0 saturated carbocycles. The molecule has 0 atom stereocenters. The van der Waals surface area contributed by atoms with Gasteiger partial charge in [0.25, 0.3) is 0 Å². The zero-order valence-corrected chi connectivity index (χ0v) is 26.7. The van der Waals surface area contributed by atoms with Gasteiger partial charge in [-0.2, -0.15) is 0 Å². The quantitative estimate of drug-likeness (QED) is 0.291. The fourth-order valence-electron chi connectivity index (χ4n) is 5.89. The van der Waals surface area contributed by atoms with E-state index in [1.807, 2.05) is 30.3 Å². The number of likely N-dealkylation sites (tertiary alicyclic amines) is 1. The minimum Gasteiger partial charge on any atom is -0.507 e. The molecule has 5 nitrogen and oxygen atoms in total. The second-order valence-electron chi connectivity index (χ2n) is 14.0. The SMILES string of the molecule is CN(C(=O)Nc1c(F)cc(F)cc1CCc1cc(C(C)(C)C)c(O)c(C(C)(C)C)c1)C1CCN(Cc2ccccc2)CC1. The average Bonchev–Trinajstić information content (AvgIpc) is 2.93. The van der Waals surface area contributed by atoms with Crippen LogP contribution in [0, 0.1) is 11.6 Å². The van der Waals surface area contributed by atoms with Crippen molar-refractivity contribution in [3.8, 4) is 5.75 Å². The Morgan fingerprint density at radius 1 is 0.907 bits per heavy atom. The summed E-state index contributed by atoms with van der Waals surface area (Å²) >= 11 is 0. The van der Waals surface area contributed by atoms with Gasteiger partial charge in [-0.05, 0) is 70.4 Å². The lowest BCUT2D eigenvalue weighted by molar-refractivity contribution is 0.137. The van der Waals surface area contributed by atoms with Crippen LogP contribution >= 0.6 is 0 Å². The maximum atomic E-state index is 15.1. The van der Waals surface area contributed by atoms with Gasteiger partial charge < -0.3 is 15.3 Å². The van der Waals surface area contributed by atoms with Gasteiger partial charge in [0.15, 0.2) is 0 Å². The summed E-state index contributed by atoms with van der Waals surface area (Å²) in [5.74, 6) is -1.17. The largest absolute Gasteiger partial charge is 0.507 e. The molecule has 1 fully saturated rings. The van der Waals surface area contributed by atoms with Gasteiger partial charge in [0.05, 0.1) is 5.69 Å². The summed E-state index contributed by atoms with van der Waals surface area (Å²) in [6.07, 6.45) is 2.46. The number of rotatable bonds is 7. The number of amides is 2. The topological polar surface area (TPSA) is 55.8 Å². The molecule has 2 amide bonds. The highest BCUT2D eigenvalue weighted by atomic mass is 19.1. The Bertz CT molecular complexity index is 1380. The maximum absolute atomic E-state index is 15.1. The third kappa shape index (κ3) is 8.14. The molecule has 4 rings (SSSR count). The molecule has 3 aromatic carbocycles. The highest BCUT2D eigenvalue weighted by Crippen LogP contribution is 2.40. The van der Waals surface area contributed by atoms with E-state index < -0.39 is 17.7 Å². The molecule has 1 aliphatic heterocycles. The van der Waals surface area contributed by atoms with E-state index in [2.05, 4.69) is 63.9 Å². The molecule has 43 heavy (non-hydrogen) atoms. The Balaban J connectivity index is 1.47. The van der Waals surface area contributed by atoms with E-state index in [0.717, 1.165) is 55.2 Å². The number of nitrogens with one attached hydrogen (secondary N) is 1. The van der Waals surface area contributed by atoms with Crippen molar-refractivity contribution in [1.82, 2.24) is 9.80 Å². The van der Waals surface area contributed by atoms with Crippen LogP contribution in [0.15, 0.2) is 54.6 Å². The molecule has 232 valence electrons. The Labute approximate surface area is 255 Å². The van der Waals surface area contributed by atoms with Gasteiger partial charge in [-0.1, -0.05) is 84.0 Å². The molecule has 1 aliphatic rings. The Morgan fingerprint density at radius 2 is 1.49 bits per heavy atom. The predicted molar refractivity (Wildman–Crippen MR) is 171 cm³/mol. The second-order valence-corrected chi connectivity index (χ2v) is 14.0. The van der Waals surface area contributed by atoms with Crippen molar-refractivity contribution >= 4 is 11.7 Å². The van der Waals surface area contributed by atoms with Crippen molar-refractivity contribution in [2.75, 3.05) is 25.5 Å². The second kappa shape index (κ2) is 13.0. The van der Waals surface area contributed by atoms with Crippen molar-refractivity contribution in [3.63, 3.8) is 0 Å². The molecule has 0 aliphatic carbocycles. The van der Waals surface area contributed by atoms with Crippen molar-refractivity contribution in [2.45, 2.75) is 90.6 Å². The number of phenols is 1. The zero-order valence-electron chi connectivity index (χ0n) is 26.7. The third-order valence-electron chi connectivity index (χ3n) is 8.51. The van der Waals surface area contributed by atoms with Crippen molar-refractivity contribution in [3.05, 3.63) is 94.0 Å². The van der Waals surface area contributed by atoms with Crippen LogP contribution < -0.4 is 5.32 Å². The Hall–Kier alpha value is -3.45. The fraction of sp³-hybridized carbons (Fsp3) is 0.472. The summed E-state index contributed by atoms with van der Waals surface area (Å²) in [7, 11) is 1.74. The number of hydrogen-bond donors (Lipinski definition) is 2. The first-order valence-corrected chi connectivity index (χ1v) is 15.3. The minimum absolute atomic E-state index is 0.0191. The van der Waals surface area contributed by atoms with Gasteiger partial charge in [0.2, 0.25) is 0 Å². The van der Waals surface area contributed by atoms with E-state index in [-0.39, 0.29) is 22.6 Å². The predicted octanol–water partition coefficient (Wildman–Crippen LogP) is 8.18. The van der Waals surface area contributed by atoms with Gasteiger partial charge >= 0.3 is 6.03 Å². The van der Waals surface area contributed by atoms with Crippen LogP contribution in [0.3, 0.4) is 0 Å². The first-order valence-electron chi connectivity index (χ1n) is 15.3. The number of aryl methyl sites for hydroxylation is 2. The number of benzene rings is 3. The molecule has 0 bridgehead atoms. The molecular weight excluding hydrogens is 544 g/mol. The number of halogens is 2. The van der Waals surface area contributed by atoms with Crippen molar-refractivity contribution < 1.29 is 18.7 Å².